The molecule has 0 atom stereocenters. The molecule has 0 saturated heterocycles. The second-order valence-electron chi connectivity index (χ2n) is 5.08. The number of carboxylic acids is 1. The average molecular weight is 306 g/mol. The molecule has 1 N–H and O–H groups in total. The first kappa shape index (κ1) is 15.3. The fourth-order valence-electron chi connectivity index (χ4n) is 1.95. The molecular formula is C16H16ClNO3. The lowest BCUT2D eigenvalue weighted by atomic mass is 10.0. The fraction of sp³-hybridized carbons (Fsp3) is 0.250. The number of aromatic carboxylic acids is 1. The molecule has 0 aliphatic carbocycles. The summed E-state index contributed by atoms with van der Waals surface area (Å²) in [6.07, 6.45) is 0. The molecule has 0 amide bonds. The quantitative estimate of drug-likeness (QED) is 0.892. The number of carbonyl (C=O) groups is 1. The zero-order valence-electron chi connectivity index (χ0n) is 12.1. The van der Waals surface area contributed by atoms with Gasteiger partial charge in [-0.3, -0.25) is 0 Å². The highest BCUT2D eigenvalue weighted by Gasteiger charge is 2.14. The van der Waals surface area contributed by atoms with E-state index in [1.807, 2.05) is 25.1 Å². The standard InChI is InChI=1S/C16H16ClNO3/c1-9(2)11-5-4-10(3)8-13(11)21-14-7-6-12(17)15(18-14)16(19)20/h4-9H,1-3H3,(H,19,20). The zero-order valence-corrected chi connectivity index (χ0v) is 12.8. The molecule has 0 fully saturated rings. The van der Waals surface area contributed by atoms with Crippen LogP contribution in [0.3, 0.4) is 0 Å². The maximum atomic E-state index is 11.1. The number of ether oxygens (including phenoxy) is 1. The molecule has 4 nitrogen and oxygen atoms in total. The Morgan fingerprint density at radius 2 is 2.00 bits per heavy atom. The summed E-state index contributed by atoms with van der Waals surface area (Å²) < 4.78 is 5.76. The number of aromatic nitrogens is 1. The van der Waals surface area contributed by atoms with Crippen LogP contribution in [0.25, 0.3) is 0 Å². The minimum atomic E-state index is -1.18. The number of carboxylic acid groups (broad SMARTS) is 1. The van der Waals surface area contributed by atoms with Crippen molar-refractivity contribution in [2.24, 2.45) is 0 Å². The van der Waals surface area contributed by atoms with Crippen molar-refractivity contribution in [1.82, 2.24) is 4.98 Å². The van der Waals surface area contributed by atoms with E-state index < -0.39 is 5.97 Å². The molecule has 110 valence electrons. The van der Waals surface area contributed by atoms with Crippen molar-refractivity contribution in [2.75, 3.05) is 0 Å². The minimum Gasteiger partial charge on any atom is -0.476 e. The van der Waals surface area contributed by atoms with Gasteiger partial charge < -0.3 is 9.84 Å². The molecule has 0 aliphatic heterocycles. The Hall–Kier alpha value is -2.07. The third kappa shape index (κ3) is 3.52. The van der Waals surface area contributed by atoms with Crippen LogP contribution in [0.2, 0.25) is 5.02 Å². The molecule has 2 rings (SSSR count). The van der Waals surface area contributed by atoms with Gasteiger partial charge in [0.1, 0.15) is 5.75 Å². The zero-order chi connectivity index (χ0) is 15.6. The van der Waals surface area contributed by atoms with Gasteiger partial charge in [0, 0.05) is 6.07 Å². The Morgan fingerprint density at radius 3 is 2.62 bits per heavy atom. The van der Waals surface area contributed by atoms with E-state index >= 15 is 0 Å². The van der Waals surface area contributed by atoms with E-state index in [4.69, 9.17) is 21.4 Å². The van der Waals surface area contributed by atoms with Crippen molar-refractivity contribution in [3.63, 3.8) is 0 Å². The van der Waals surface area contributed by atoms with Crippen molar-refractivity contribution in [1.29, 1.82) is 0 Å². The van der Waals surface area contributed by atoms with Crippen molar-refractivity contribution in [3.8, 4) is 11.6 Å². The van der Waals surface area contributed by atoms with Crippen LogP contribution < -0.4 is 4.74 Å². The number of hydrogen-bond donors (Lipinski definition) is 1. The lowest BCUT2D eigenvalue weighted by Crippen LogP contribution is -2.03. The molecular weight excluding hydrogens is 290 g/mol. The van der Waals surface area contributed by atoms with Gasteiger partial charge in [-0.15, -0.1) is 0 Å². The van der Waals surface area contributed by atoms with Crippen LogP contribution in [0.5, 0.6) is 11.6 Å². The molecule has 21 heavy (non-hydrogen) atoms. The Labute approximate surface area is 128 Å². The van der Waals surface area contributed by atoms with E-state index in [2.05, 4.69) is 18.8 Å². The smallest absolute Gasteiger partial charge is 0.356 e. The van der Waals surface area contributed by atoms with Gasteiger partial charge >= 0.3 is 5.97 Å². The Morgan fingerprint density at radius 1 is 1.29 bits per heavy atom. The normalized spacial score (nSPS) is 10.7. The van der Waals surface area contributed by atoms with Crippen LogP contribution in [-0.2, 0) is 0 Å². The number of halogens is 1. The fourth-order valence-corrected chi connectivity index (χ4v) is 2.14. The number of nitrogens with zero attached hydrogens (tertiary/aromatic N) is 1. The van der Waals surface area contributed by atoms with Gasteiger partial charge in [0.25, 0.3) is 0 Å². The summed E-state index contributed by atoms with van der Waals surface area (Å²) in [5.74, 6) is -0.00826. The molecule has 0 bridgehead atoms. The molecule has 0 saturated carbocycles. The first-order valence-corrected chi connectivity index (χ1v) is 6.94. The second-order valence-corrected chi connectivity index (χ2v) is 5.49. The van der Waals surface area contributed by atoms with E-state index in [0.717, 1.165) is 11.1 Å². The molecule has 5 heteroatoms. The third-order valence-corrected chi connectivity index (χ3v) is 3.33. The van der Waals surface area contributed by atoms with Crippen LogP contribution in [0, 0.1) is 6.92 Å². The van der Waals surface area contributed by atoms with Crippen molar-refractivity contribution in [3.05, 3.63) is 52.2 Å². The van der Waals surface area contributed by atoms with Gasteiger partial charge in [-0.1, -0.05) is 37.6 Å². The minimum absolute atomic E-state index is 0.0863. The Balaban J connectivity index is 2.40. The summed E-state index contributed by atoms with van der Waals surface area (Å²) in [5.41, 5.74) is 1.88. The number of pyridine rings is 1. The highest BCUT2D eigenvalue weighted by molar-refractivity contribution is 6.33. The number of benzene rings is 1. The van der Waals surface area contributed by atoms with Crippen molar-refractivity contribution in [2.45, 2.75) is 26.7 Å². The first-order chi connectivity index (χ1) is 9.88. The summed E-state index contributed by atoms with van der Waals surface area (Å²) in [7, 11) is 0. The molecule has 1 aromatic heterocycles. The summed E-state index contributed by atoms with van der Waals surface area (Å²) in [6, 6.07) is 8.95. The van der Waals surface area contributed by atoms with Gasteiger partial charge in [0.2, 0.25) is 5.88 Å². The SMILES string of the molecule is Cc1ccc(C(C)C)c(Oc2ccc(Cl)c(C(=O)O)n2)c1. The number of rotatable bonds is 4. The monoisotopic (exact) mass is 305 g/mol. The van der Waals surface area contributed by atoms with Crippen molar-refractivity contribution < 1.29 is 14.6 Å². The highest BCUT2D eigenvalue weighted by atomic mass is 35.5. The van der Waals surface area contributed by atoms with Gasteiger partial charge in [-0.05, 0) is 36.1 Å². The predicted octanol–water partition coefficient (Wildman–Crippen LogP) is 4.66. The molecule has 0 unspecified atom stereocenters. The average Bonchev–Trinajstić information content (AvgIpc) is 2.40. The van der Waals surface area contributed by atoms with Crippen LogP contribution >= 0.6 is 11.6 Å². The van der Waals surface area contributed by atoms with E-state index in [9.17, 15) is 4.79 Å². The van der Waals surface area contributed by atoms with E-state index in [0.29, 0.717) is 5.75 Å². The number of hydrogen-bond acceptors (Lipinski definition) is 3. The summed E-state index contributed by atoms with van der Waals surface area (Å²) in [6.45, 7) is 6.10. The first-order valence-electron chi connectivity index (χ1n) is 6.56. The molecule has 0 aliphatic rings. The number of aryl methyl sites for hydroxylation is 1. The summed E-state index contributed by atoms with van der Waals surface area (Å²) in [4.78, 5) is 15.0. The van der Waals surface area contributed by atoms with Gasteiger partial charge in [0.05, 0.1) is 5.02 Å². The highest BCUT2D eigenvalue weighted by Crippen LogP contribution is 2.31. The molecule has 0 spiro atoms. The van der Waals surface area contributed by atoms with Gasteiger partial charge in [0.15, 0.2) is 5.69 Å². The van der Waals surface area contributed by atoms with Crippen LogP contribution in [-0.4, -0.2) is 16.1 Å². The molecule has 2 aromatic rings. The van der Waals surface area contributed by atoms with E-state index in [1.54, 1.807) is 6.07 Å². The second kappa shape index (κ2) is 6.14. The van der Waals surface area contributed by atoms with Crippen LogP contribution in [0.15, 0.2) is 30.3 Å². The van der Waals surface area contributed by atoms with E-state index in [1.165, 1.54) is 6.07 Å². The molecule has 1 aromatic carbocycles. The predicted molar refractivity (Wildman–Crippen MR) is 81.5 cm³/mol. The van der Waals surface area contributed by atoms with Gasteiger partial charge in [-0.2, -0.15) is 0 Å². The Kier molecular flexibility index (Phi) is 4.48. The van der Waals surface area contributed by atoms with Crippen molar-refractivity contribution >= 4 is 17.6 Å². The largest absolute Gasteiger partial charge is 0.476 e. The maximum absolute atomic E-state index is 11.1. The Bertz CT molecular complexity index is 683. The van der Waals surface area contributed by atoms with Crippen LogP contribution in [0.1, 0.15) is 41.4 Å². The summed E-state index contributed by atoms with van der Waals surface area (Å²) in [5, 5.41) is 9.13. The summed E-state index contributed by atoms with van der Waals surface area (Å²) >= 11 is 5.80. The topological polar surface area (TPSA) is 59.4 Å². The molecule has 0 radical (unpaired) electrons. The maximum Gasteiger partial charge on any atom is 0.356 e. The lowest BCUT2D eigenvalue weighted by molar-refractivity contribution is 0.0690. The van der Waals surface area contributed by atoms with Crippen LogP contribution in [0.4, 0.5) is 0 Å². The van der Waals surface area contributed by atoms with E-state index in [-0.39, 0.29) is 22.5 Å². The third-order valence-electron chi connectivity index (χ3n) is 3.03. The lowest BCUT2D eigenvalue weighted by Gasteiger charge is -2.14. The van der Waals surface area contributed by atoms with Gasteiger partial charge in [-0.25, -0.2) is 9.78 Å². The molecule has 1 heterocycles.